The van der Waals surface area contributed by atoms with Crippen molar-refractivity contribution in [2.45, 2.75) is 30.6 Å². The summed E-state index contributed by atoms with van der Waals surface area (Å²) in [6.07, 6.45) is 1.74. The van der Waals surface area contributed by atoms with Gasteiger partial charge in [-0.3, -0.25) is 34.3 Å². The Labute approximate surface area is 291 Å². The first-order valence-corrected chi connectivity index (χ1v) is 16.5. The van der Waals surface area contributed by atoms with E-state index in [-0.39, 0.29) is 35.8 Å². The largest absolute Gasteiger partial charge is 0.508 e. The number of aliphatic carboxylic acids is 1. The number of aromatic hydroxyl groups is 1. The third kappa shape index (κ3) is 5.06. The number of ether oxygens (including phenoxy) is 1. The number of rotatable bonds is 8. The number of amides is 4. The van der Waals surface area contributed by atoms with Crippen LogP contribution in [0, 0.1) is 23.7 Å². The molecule has 1 saturated carbocycles. The lowest BCUT2D eigenvalue weighted by molar-refractivity contribution is -0.143. The fourth-order valence-electron chi connectivity index (χ4n) is 8.42. The summed E-state index contributed by atoms with van der Waals surface area (Å²) in [4.78, 5) is 69.7. The Bertz CT molecular complexity index is 1950. The quantitative estimate of drug-likeness (QED) is 0.213. The Morgan fingerprint density at radius 3 is 2.41 bits per heavy atom. The number of fused-ring (bicyclic) bond motifs is 4. The highest BCUT2D eigenvalue weighted by molar-refractivity contribution is 6.36. The lowest BCUT2D eigenvalue weighted by atomic mass is 9.49. The molecule has 2 saturated heterocycles. The average molecular weight is 705 g/mol. The number of allylic oxidation sites excluding steroid dienone is 2. The summed E-state index contributed by atoms with van der Waals surface area (Å²) >= 11 is 12.6. The van der Waals surface area contributed by atoms with Gasteiger partial charge in [0.1, 0.15) is 11.5 Å². The van der Waals surface area contributed by atoms with Crippen LogP contribution in [0.15, 0.2) is 78.4 Å². The van der Waals surface area contributed by atoms with Crippen LogP contribution in [0.3, 0.4) is 0 Å². The fourth-order valence-corrected chi connectivity index (χ4v) is 8.87. The van der Waals surface area contributed by atoms with E-state index in [1.165, 1.54) is 19.2 Å². The molecule has 3 N–H and O–H groups in total. The number of nitrogens with one attached hydrogen (secondary N) is 1. The molecule has 2 heterocycles. The summed E-state index contributed by atoms with van der Waals surface area (Å²) < 4.78 is 5.41. The Hall–Kier alpha value is -4.87. The molecule has 3 aromatic rings. The Balaban J connectivity index is 1.42. The van der Waals surface area contributed by atoms with Crippen LogP contribution >= 0.6 is 23.2 Å². The first-order valence-electron chi connectivity index (χ1n) is 15.8. The van der Waals surface area contributed by atoms with Crippen molar-refractivity contribution >= 4 is 58.5 Å². The van der Waals surface area contributed by atoms with Crippen LogP contribution in [0.2, 0.25) is 10.0 Å². The van der Waals surface area contributed by atoms with Crippen molar-refractivity contribution < 1.29 is 38.9 Å². The van der Waals surface area contributed by atoms with Crippen LogP contribution < -0.4 is 10.2 Å². The summed E-state index contributed by atoms with van der Waals surface area (Å²) in [5.74, 6) is -6.81. The molecule has 0 spiro atoms. The average Bonchev–Trinajstić information content (AvgIpc) is 3.45. The van der Waals surface area contributed by atoms with Crippen LogP contribution in [0.5, 0.6) is 11.5 Å². The molecule has 0 bridgehead atoms. The summed E-state index contributed by atoms with van der Waals surface area (Å²) in [5, 5.41) is 21.5. The molecule has 4 amide bonds. The number of imide groups is 2. The molecule has 0 radical (unpaired) electrons. The zero-order chi connectivity index (χ0) is 34.8. The van der Waals surface area contributed by atoms with E-state index in [0.29, 0.717) is 27.5 Å². The molecule has 3 fully saturated rings. The molecule has 2 aliphatic carbocycles. The SMILES string of the molecule is COc1ccc([C@@]23C(=O)N(Nc4ccc(Cl)cc4Cl)C(=O)[C@@H]2C[C@@H]2C(=CC[C@@H]4C(=O)N(CCC(=O)O)C(=O)[C@@H]42)[C@@H]3c2cccc(O)c2)cc1. The first kappa shape index (κ1) is 32.7. The second kappa shape index (κ2) is 12.2. The number of hydrazine groups is 1. The van der Waals surface area contributed by atoms with Gasteiger partial charge in [-0.15, -0.1) is 0 Å². The van der Waals surface area contributed by atoms with Gasteiger partial charge in [0, 0.05) is 17.5 Å². The van der Waals surface area contributed by atoms with Crippen molar-refractivity contribution in [1.82, 2.24) is 9.91 Å². The monoisotopic (exact) mass is 703 g/mol. The topological polar surface area (TPSA) is 154 Å². The number of halogens is 2. The highest BCUT2D eigenvalue weighted by atomic mass is 35.5. The lowest BCUT2D eigenvalue weighted by Gasteiger charge is -2.50. The smallest absolute Gasteiger partial charge is 0.305 e. The number of carboxylic acids is 1. The molecule has 6 atom stereocenters. The predicted octanol–water partition coefficient (Wildman–Crippen LogP) is 5.17. The van der Waals surface area contributed by atoms with E-state index < -0.39 is 71.0 Å². The second-order valence-electron chi connectivity index (χ2n) is 12.8. The molecule has 49 heavy (non-hydrogen) atoms. The molecule has 11 nitrogen and oxygen atoms in total. The van der Waals surface area contributed by atoms with Gasteiger partial charge in [-0.1, -0.05) is 59.1 Å². The van der Waals surface area contributed by atoms with Gasteiger partial charge in [0.05, 0.1) is 47.4 Å². The van der Waals surface area contributed by atoms with Crippen molar-refractivity contribution in [3.63, 3.8) is 0 Å². The number of phenols is 1. The number of anilines is 1. The number of nitrogens with zero attached hydrogens (tertiary/aromatic N) is 2. The normalized spacial score (nSPS) is 27.4. The van der Waals surface area contributed by atoms with Crippen LogP contribution in [0.25, 0.3) is 0 Å². The van der Waals surface area contributed by atoms with Crippen LogP contribution in [0.1, 0.15) is 36.3 Å². The number of likely N-dealkylation sites (tertiary alicyclic amines) is 1. The number of methoxy groups -OCH3 is 1. The summed E-state index contributed by atoms with van der Waals surface area (Å²) in [7, 11) is 1.52. The van der Waals surface area contributed by atoms with E-state index in [1.807, 2.05) is 6.08 Å². The number of hydrogen-bond donors (Lipinski definition) is 3. The van der Waals surface area contributed by atoms with Gasteiger partial charge in [-0.05, 0) is 72.4 Å². The van der Waals surface area contributed by atoms with Gasteiger partial charge in [0.25, 0.3) is 11.8 Å². The minimum absolute atomic E-state index is 0.0528. The number of carboxylic acid groups (broad SMARTS) is 1. The molecule has 3 aromatic carbocycles. The van der Waals surface area contributed by atoms with E-state index in [9.17, 15) is 29.4 Å². The van der Waals surface area contributed by atoms with Crippen molar-refractivity contribution in [2.75, 3.05) is 19.1 Å². The maximum Gasteiger partial charge on any atom is 0.305 e. The van der Waals surface area contributed by atoms with Crippen LogP contribution in [-0.4, -0.2) is 63.4 Å². The van der Waals surface area contributed by atoms with Gasteiger partial charge in [-0.2, -0.15) is 5.01 Å². The van der Waals surface area contributed by atoms with E-state index in [2.05, 4.69) is 5.43 Å². The van der Waals surface area contributed by atoms with Crippen molar-refractivity contribution in [3.8, 4) is 11.5 Å². The number of carbonyl (C=O) groups excluding carboxylic acids is 4. The standard InChI is InChI=1S/C36H31Cl2N3O8/c1-49-22-8-5-19(6-9-22)36-26(33(46)41(35(36)48)39-28-12-7-20(37)16-27(28)38)17-25-23(31(36)18-3-2-4-21(42)15-18)10-11-24-30(25)34(47)40(32(24)45)14-13-29(43)44/h2-10,12,15-16,24-26,30-31,39,42H,11,13-14,17H2,1H3,(H,43,44)/t24-,25+,26-,30-,31-,36+/m0/s1. The molecule has 13 heteroatoms. The van der Waals surface area contributed by atoms with E-state index >= 15 is 4.79 Å². The number of carbonyl (C=O) groups is 5. The zero-order valence-electron chi connectivity index (χ0n) is 26.1. The molecular formula is C36H31Cl2N3O8. The number of phenolic OH excluding ortho intramolecular Hbond substituents is 1. The Morgan fingerprint density at radius 1 is 0.980 bits per heavy atom. The molecular weight excluding hydrogens is 673 g/mol. The van der Waals surface area contributed by atoms with Crippen molar-refractivity contribution in [1.29, 1.82) is 0 Å². The molecule has 7 rings (SSSR count). The van der Waals surface area contributed by atoms with Crippen molar-refractivity contribution in [2.24, 2.45) is 23.7 Å². The fraction of sp³-hybridized carbons (Fsp3) is 0.306. The molecule has 252 valence electrons. The summed E-state index contributed by atoms with van der Waals surface area (Å²) in [6, 6.07) is 18.0. The summed E-state index contributed by atoms with van der Waals surface area (Å²) in [6.45, 7) is -0.256. The third-order valence-electron chi connectivity index (χ3n) is 10.4. The highest BCUT2D eigenvalue weighted by Crippen LogP contribution is 2.64. The lowest BCUT2D eigenvalue weighted by Crippen LogP contribution is -2.53. The molecule has 0 unspecified atom stereocenters. The van der Waals surface area contributed by atoms with Gasteiger partial charge in [-0.25, -0.2) is 0 Å². The van der Waals surface area contributed by atoms with Crippen LogP contribution in [0.4, 0.5) is 5.69 Å². The van der Waals surface area contributed by atoms with E-state index in [1.54, 1.807) is 54.6 Å². The second-order valence-corrected chi connectivity index (χ2v) is 13.6. The van der Waals surface area contributed by atoms with E-state index in [0.717, 1.165) is 9.91 Å². The minimum atomic E-state index is -1.56. The maximum absolute atomic E-state index is 15.2. The predicted molar refractivity (Wildman–Crippen MR) is 178 cm³/mol. The van der Waals surface area contributed by atoms with Gasteiger partial charge >= 0.3 is 5.97 Å². The zero-order valence-corrected chi connectivity index (χ0v) is 27.6. The van der Waals surface area contributed by atoms with Crippen LogP contribution in [-0.2, 0) is 29.4 Å². The van der Waals surface area contributed by atoms with Gasteiger partial charge < -0.3 is 14.9 Å². The number of hydrogen-bond acceptors (Lipinski definition) is 8. The minimum Gasteiger partial charge on any atom is -0.508 e. The summed E-state index contributed by atoms with van der Waals surface area (Å²) in [5.41, 5.74) is 3.41. The maximum atomic E-state index is 15.2. The van der Waals surface area contributed by atoms with E-state index in [4.69, 9.17) is 27.9 Å². The Kier molecular flexibility index (Phi) is 8.15. The van der Waals surface area contributed by atoms with Crippen molar-refractivity contribution in [3.05, 3.63) is 99.6 Å². The molecule has 4 aliphatic rings. The Morgan fingerprint density at radius 2 is 1.73 bits per heavy atom. The molecule has 0 aromatic heterocycles. The van der Waals surface area contributed by atoms with Gasteiger partial charge in [0.2, 0.25) is 11.8 Å². The molecule has 2 aliphatic heterocycles. The first-order chi connectivity index (χ1) is 23.5. The highest BCUT2D eigenvalue weighted by Gasteiger charge is 2.70. The number of benzene rings is 3. The third-order valence-corrected chi connectivity index (χ3v) is 11.0. The van der Waals surface area contributed by atoms with Gasteiger partial charge in [0.15, 0.2) is 0 Å².